The van der Waals surface area contributed by atoms with Crippen molar-refractivity contribution in [1.29, 1.82) is 0 Å². The first kappa shape index (κ1) is 6.73. The molecule has 0 aliphatic carbocycles. The van der Waals surface area contributed by atoms with E-state index in [1.54, 1.807) is 11.3 Å². The van der Waals surface area contributed by atoms with E-state index in [1.807, 2.05) is 25.6 Å². The molecule has 0 saturated carbocycles. The van der Waals surface area contributed by atoms with E-state index in [-0.39, 0.29) is 0 Å². The van der Waals surface area contributed by atoms with Crippen molar-refractivity contribution in [2.75, 3.05) is 0 Å². The monoisotopic (exact) mass is 164 g/mol. The van der Waals surface area contributed by atoms with Crippen LogP contribution >= 0.6 is 11.3 Å². The van der Waals surface area contributed by atoms with Crippen molar-refractivity contribution < 1.29 is 0 Å². The van der Waals surface area contributed by atoms with Crippen molar-refractivity contribution in [3.63, 3.8) is 0 Å². The van der Waals surface area contributed by atoms with E-state index in [9.17, 15) is 0 Å². The van der Waals surface area contributed by atoms with Crippen molar-refractivity contribution in [3.05, 3.63) is 23.0 Å². The summed E-state index contributed by atoms with van der Waals surface area (Å²) >= 11 is 1.65. The van der Waals surface area contributed by atoms with Crippen LogP contribution in [0.25, 0.3) is 10.2 Å². The van der Waals surface area contributed by atoms with Crippen LogP contribution in [0.15, 0.2) is 11.7 Å². The third kappa shape index (κ3) is 0.922. The molecule has 0 aliphatic heterocycles. The summed E-state index contributed by atoms with van der Waals surface area (Å²) in [4.78, 5) is 8.51. The highest BCUT2D eigenvalue weighted by Crippen LogP contribution is 2.22. The molecule has 0 atom stereocenters. The fourth-order valence-corrected chi connectivity index (χ4v) is 1.91. The summed E-state index contributed by atoms with van der Waals surface area (Å²) in [6, 6.07) is 0. The normalized spacial score (nSPS) is 10.7. The number of fused-ring (bicyclic) bond motifs is 1. The highest BCUT2D eigenvalue weighted by atomic mass is 32.1. The van der Waals surface area contributed by atoms with Gasteiger partial charge < -0.3 is 0 Å². The van der Waals surface area contributed by atoms with Crippen LogP contribution in [0.5, 0.6) is 0 Å². The van der Waals surface area contributed by atoms with E-state index >= 15 is 0 Å². The molecule has 2 nitrogen and oxygen atoms in total. The summed E-state index contributed by atoms with van der Waals surface area (Å²) in [5.41, 5.74) is 5.20. The Bertz CT molecular complexity index is 356. The van der Waals surface area contributed by atoms with Crippen LogP contribution in [0.2, 0.25) is 0 Å². The average molecular weight is 164 g/mol. The predicted octanol–water partition coefficient (Wildman–Crippen LogP) is 2.31. The lowest BCUT2D eigenvalue weighted by Gasteiger charge is -1.95. The van der Waals surface area contributed by atoms with E-state index in [4.69, 9.17) is 0 Å². The van der Waals surface area contributed by atoms with Crippen LogP contribution in [-0.4, -0.2) is 9.97 Å². The van der Waals surface area contributed by atoms with Gasteiger partial charge in [0.1, 0.15) is 0 Å². The molecule has 0 aromatic carbocycles. The molecule has 2 rings (SSSR count). The first-order chi connectivity index (χ1) is 5.29. The van der Waals surface area contributed by atoms with Gasteiger partial charge in [-0.25, -0.2) is 4.98 Å². The number of aryl methyl sites for hydroxylation is 2. The second kappa shape index (κ2) is 2.27. The highest BCUT2D eigenvalue weighted by molar-refractivity contribution is 7.16. The lowest BCUT2D eigenvalue weighted by Crippen LogP contribution is -1.83. The van der Waals surface area contributed by atoms with Gasteiger partial charge in [-0.05, 0) is 19.4 Å². The molecule has 11 heavy (non-hydrogen) atoms. The van der Waals surface area contributed by atoms with Crippen LogP contribution in [0.1, 0.15) is 11.3 Å². The fraction of sp³-hybridized carbons (Fsp3) is 0.250. The quantitative estimate of drug-likeness (QED) is 0.597. The zero-order valence-corrected chi connectivity index (χ0v) is 7.27. The molecule has 0 aliphatic rings. The standard InChI is InChI=1S/C8H8N2S/c1-5-3-9-6(2)8-7(5)10-4-11-8/h3-4H,1-2H3. The molecule has 2 aromatic heterocycles. The van der Waals surface area contributed by atoms with Gasteiger partial charge in [-0.3, -0.25) is 4.98 Å². The second-order valence-corrected chi connectivity index (χ2v) is 3.41. The van der Waals surface area contributed by atoms with Crippen LogP contribution in [0.4, 0.5) is 0 Å². The molecule has 0 radical (unpaired) electrons. The Morgan fingerprint density at radius 1 is 1.27 bits per heavy atom. The SMILES string of the molecule is Cc1cnc(C)c2scnc12. The number of nitrogens with zero attached hydrogens (tertiary/aromatic N) is 2. The Balaban J connectivity index is 2.96. The van der Waals surface area contributed by atoms with E-state index in [2.05, 4.69) is 9.97 Å². The van der Waals surface area contributed by atoms with Gasteiger partial charge in [-0.2, -0.15) is 0 Å². The van der Waals surface area contributed by atoms with Crippen molar-refractivity contribution in [2.45, 2.75) is 13.8 Å². The largest absolute Gasteiger partial charge is 0.260 e. The number of pyridine rings is 1. The maximum absolute atomic E-state index is 4.26. The molecule has 0 spiro atoms. The van der Waals surface area contributed by atoms with Gasteiger partial charge in [0.25, 0.3) is 0 Å². The lowest BCUT2D eigenvalue weighted by atomic mass is 10.2. The lowest BCUT2D eigenvalue weighted by molar-refractivity contribution is 1.21. The van der Waals surface area contributed by atoms with Crippen molar-refractivity contribution >= 4 is 21.6 Å². The molecule has 2 heterocycles. The topological polar surface area (TPSA) is 25.8 Å². The maximum atomic E-state index is 4.26. The zero-order valence-electron chi connectivity index (χ0n) is 6.46. The van der Waals surface area contributed by atoms with Gasteiger partial charge in [-0.1, -0.05) is 0 Å². The molecule has 2 aromatic rings. The molecule has 0 unspecified atom stereocenters. The molecular weight excluding hydrogens is 156 g/mol. The van der Waals surface area contributed by atoms with Gasteiger partial charge in [0.05, 0.1) is 21.4 Å². The van der Waals surface area contributed by atoms with Crippen LogP contribution < -0.4 is 0 Å². The molecule has 56 valence electrons. The number of aromatic nitrogens is 2. The number of hydrogen-bond donors (Lipinski definition) is 0. The third-order valence-corrected chi connectivity index (χ3v) is 2.66. The van der Waals surface area contributed by atoms with E-state index in [1.165, 1.54) is 4.70 Å². The average Bonchev–Trinajstić information content (AvgIpc) is 2.45. The summed E-state index contributed by atoms with van der Waals surface area (Å²) in [5.74, 6) is 0. The summed E-state index contributed by atoms with van der Waals surface area (Å²) in [6.45, 7) is 4.05. The van der Waals surface area contributed by atoms with Gasteiger partial charge in [0.2, 0.25) is 0 Å². The van der Waals surface area contributed by atoms with Gasteiger partial charge in [-0.15, -0.1) is 11.3 Å². The maximum Gasteiger partial charge on any atom is 0.0874 e. The molecule has 3 heteroatoms. The molecule has 0 N–H and O–H groups in total. The smallest absolute Gasteiger partial charge is 0.0874 e. The number of hydrogen-bond acceptors (Lipinski definition) is 3. The minimum absolute atomic E-state index is 1.08. The summed E-state index contributed by atoms with van der Waals surface area (Å²) in [7, 11) is 0. The first-order valence-corrected chi connectivity index (χ1v) is 4.32. The minimum atomic E-state index is 1.08. The number of rotatable bonds is 0. The van der Waals surface area contributed by atoms with E-state index < -0.39 is 0 Å². The van der Waals surface area contributed by atoms with Crippen LogP contribution in [0, 0.1) is 13.8 Å². The minimum Gasteiger partial charge on any atom is -0.260 e. The van der Waals surface area contributed by atoms with Gasteiger partial charge in [0, 0.05) is 6.20 Å². The van der Waals surface area contributed by atoms with Crippen molar-refractivity contribution in [3.8, 4) is 0 Å². The molecular formula is C8H8N2S. The summed E-state index contributed by atoms with van der Waals surface area (Å²) < 4.78 is 1.21. The first-order valence-electron chi connectivity index (χ1n) is 3.44. The summed E-state index contributed by atoms with van der Waals surface area (Å²) in [5, 5.41) is 0. The van der Waals surface area contributed by atoms with Crippen LogP contribution in [0.3, 0.4) is 0 Å². The zero-order chi connectivity index (χ0) is 7.84. The van der Waals surface area contributed by atoms with Gasteiger partial charge in [0.15, 0.2) is 0 Å². The molecule has 0 amide bonds. The Hall–Kier alpha value is -0.960. The Kier molecular flexibility index (Phi) is 1.39. The Morgan fingerprint density at radius 2 is 2.09 bits per heavy atom. The molecule has 0 saturated heterocycles. The predicted molar refractivity (Wildman–Crippen MR) is 46.9 cm³/mol. The fourth-order valence-electron chi connectivity index (χ4n) is 1.10. The third-order valence-electron chi connectivity index (χ3n) is 1.72. The van der Waals surface area contributed by atoms with Crippen molar-refractivity contribution in [1.82, 2.24) is 9.97 Å². The van der Waals surface area contributed by atoms with E-state index in [0.717, 1.165) is 16.8 Å². The van der Waals surface area contributed by atoms with Crippen molar-refractivity contribution in [2.24, 2.45) is 0 Å². The number of thiazole rings is 1. The Labute approximate surface area is 68.9 Å². The summed E-state index contributed by atoms with van der Waals surface area (Å²) in [6.07, 6.45) is 1.87. The Morgan fingerprint density at radius 3 is 2.82 bits per heavy atom. The second-order valence-electron chi connectivity index (χ2n) is 2.56. The van der Waals surface area contributed by atoms with Gasteiger partial charge >= 0.3 is 0 Å². The highest BCUT2D eigenvalue weighted by Gasteiger charge is 2.02. The van der Waals surface area contributed by atoms with Crippen LogP contribution in [-0.2, 0) is 0 Å². The molecule has 0 bridgehead atoms. The van der Waals surface area contributed by atoms with E-state index in [0.29, 0.717) is 0 Å². The molecule has 0 fully saturated rings.